The molecule has 1 unspecified atom stereocenters. The van der Waals surface area contributed by atoms with Crippen LogP contribution in [0.4, 0.5) is 5.69 Å². The third-order valence-electron chi connectivity index (χ3n) is 3.56. The van der Waals surface area contributed by atoms with Crippen LogP contribution in [0.3, 0.4) is 0 Å². The van der Waals surface area contributed by atoms with Gasteiger partial charge in [0.2, 0.25) is 0 Å². The third-order valence-corrected chi connectivity index (χ3v) is 3.56. The lowest BCUT2D eigenvalue weighted by atomic mass is 10.0. The van der Waals surface area contributed by atoms with Crippen molar-refractivity contribution >= 4 is 5.69 Å². The molecule has 0 heterocycles. The van der Waals surface area contributed by atoms with E-state index < -0.39 is 6.23 Å². The maximum absolute atomic E-state index is 9.89. The lowest BCUT2D eigenvalue weighted by molar-refractivity contribution is 0.153. The van der Waals surface area contributed by atoms with Gasteiger partial charge in [0.25, 0.3) is 0 Å². The Morgan fingerprint density at radius 2 is 1.59 bits per heavy atom. The number of anilines is 1. The Morgan fingerprint density at radius 3 is 2.18 bits per heavy atom. The fourth-order valence-corrected chi connectivity index (χ4v) is 2.04. The lowest BCUT2D eigenvalue weighted by Crippen LogP contribution is -2.24. The maximum Gasteiger partial charge on any atom is 0.129 e. The van der Waals surface area contributed by atoms with Crippen LogP contribution in [0.15, 0.2) is 48.5 Å². The molecule has 0 spiro atoms. The second-order valence-corrected chi connectivity index (χ2v) is 6.19. The van der Waals surface area contributed by atoms with Crippen LogP contribution in [0.25, 0.3) is 0 Å². The number of nitrogens with one attached hydrogen (secondary N) is 1. The average Bonchev–Trinajstić information content (AvgIpc) is 2.48. The van der Waals surface area contributed by atoms with E-state index in [9.17, 15) is 5.11 Å². The van der Waals surface area contributed by atoms with Crippen LogP contribution in [0, 0.1) is 5.92 Å². The second-order valence-electron chi connectivity index (χ2n) is 6.19. The molecule has 0 fully saturated rings. The second kappa shape index (κ2) is 7.32. The van der Waals surface area contributed by atoms with E-state index in [1.165, 1.54) is 5.56 Å². The monoisotopic (exact) mass is 299 g/mol. The Hall–Kier alpha value is -2.00. The Bertz CT molecular complexity index is 591. The smallest absolute Gasteiger partial charge is 0.129 e. The number of hydrogen-bond donors (Lipinski definition) is 2. The molecule has 1 atom stereocenters. The van der Waals surface area contributed by atoms with Crippen molar-refractivity contribution in [1.29, 1.82) is 0 Å². The van der Waals surface area contributed by atoms with Gasteiger partial charge in [-0.15, -0.1) is 0 Å². The van der Waals surface area contributed by atoms with Gasteiger partial charge >= 0.3 is 0 Å². The topological polar surface area (TPSA) is 41.5 Å². The van der Waals surface area contributed by atoms with E-state index in [2.05, 4.69) is 31.3 Å². The van der Waals surface area contributed by atoms with Gasteiger partial charge in [-0.25, -0.2) is 0 Å². The number of hydrogen-bond acceptors (Lipinski definition) is 3. The predicted molar refractivity (Wildman–Crippen MR) is 91.5 cm³/mol. The highest BCUT2D eigenvalue weighted by Gasteiger charge is 2.09. The van der Waals surface area contributed by atoms with Gasteiger partial charge in [0.15, 0.2) is 0 Å². The molecule has 0 saturated carbocycles. The highest BCUT2D eigenvalue weighted by molar-refractivity contribution is 5.49. The van der Waals surface area contributed by atoms with E-state index in [0.717, 1.165) is 17.2 Å². The summed E-state index contributed by atoms with van der Waals surface area (Å²) >= 11 is 0. The summed E-state index contributed by atoms with van der Waals surface area (Å²) in [6.07, 6.45) is -0.569. The molecule has 3 nitrogen and oxygen atoms in total. The largest absolute Gasteiger partial charge is 0.457 e. The molecular formula is C19H25NO2. The standard InChI is InChI=1S/C19H25NO2/c1-13(2)15-8-10-17(11-9-15)22-18-7-5-6-16(12-18)20-19(21)14(3)4/h5-14,19-21H,1-4H3. The zero-order valence-corrected chi connectivity index (χ0v) is 13.7. The van der Waals surface area contributed by atoms with E-state index in [-0.39, 0.29) is 5.92 Å². The average molecular weight is 299 g/mol. The van der Waals surface area contributed by atoms with Gasteiger partial charge in [-0.2, -0.15) is 0 Å². The SMILES string of the molecule is CC(C)c1ccc(Oc2cccc(NC(O)C(C)C)c2)cc1. The fraction of sp³-hybridized carbons (Fsp3) is 0.368. The van der Waals surface area contributed by atoms with Crippen molar-refractivity contribution in [2.75, 3.05) is 5.32 Å². The van der Waals surface area contributed by atoms with E-state index >= 15 is 0 Å². The molecule has 2 aromatic rings. The van der Waals surface area contributed by atoms with Gasteiger partial charge in [-0.3, -0.25) is 0 Å². The minimum absolute atomic E-state index is 0.146. The molecule has 3 heteroatoms. The van der Waals surface area contributed by atoms with E-state index in [0.29, 0.717) is 5.92 Å². The summed E-state index contributed by atoms with van der Waals surface area (Å²) < 4.78 is 5.87. The normalized spacial score (nSPS) is 12.5. The summed E-state index contributed by atoms with van der Waals surface area (Å²) in [6.45, 7) is 8.28. The Labute approximate surface area is 133 Å². The molecule has 2 rings (SSSR count). The Balaban J connectivity index is 2.06. The van der Waals surface area contributed by atoms with Crippen molar-refractivity contribution in [3.8, 4) is 11.5 Å². The molecule has 0 aliphatic carbocycles. The maximum atomic E-state index is 9.89. The number of aliphatic hydroxyl groups excluding tert-OH is 1. The molecule has 0 aliphatic heterocycles. The summed E-state index contributed by atoms with van der Waals surface area (Å²) in [4.78, 5) is 0. The molecule has 0 amide bonds. The molecule has 22 heavy (non-hydrogen) atoms. The van der Waals surface area contributed by atoms with Crippen LogP contribution in [0.1, 0.15) is 39.2 Å². The first-order chi connectivity index (χ1) is 10.5. The van der Waals surface area contributed by atoms with Crippen LogP contribution in [0.2, 0.25) is 0 Å². The minimum Gasteiger partial charge on any atom is -0.457 e. The quantitative estimate of drug-likeness (QED) is 0.738. The number of ether oxygens (including phenoxy) is 1. The molecule has 0 bridgehead atoms. The van der Waals surface area contributed by atoms with E-state index in [4.69, 9.17) is 4.74 Å². The van der Waals surface area contributed by atoms with Gasteiger partial charge in [-0.05, 0) is 41.7 Å². The summed E-state index contributed by atoms with van der Waals surface area (Å²) in [5.74, 6) is 2.22. The van der Waals surface area contributed by atoms with Crippen molar-refractivity contribution in [2.24, 2.45) is 5.92 Å². The number of aliphatic hydroxyl groups is 1. The summed E-state index contributed by atoms with van der Waals surface area (Å²) in [7, 11) is 0. The summed E-state index contributed by atoms with van der Waals surface area (Å²) in [5, 5.41) is 13.0. The van der Waals surface area contributed by atoms with Crippen molar-refractivity contribution in [3.05, 3.63) is 54.1 Å². The van der Waals surface area contributed by atoms with Crippen molar-refractivity contribution < 1.29 is 9.84 Å². The Kier molecular flexibility index (Phi) is 5.45. The zero-order chi connectivity index (χ0) is 16.1. The highest BCUT2D eigenvalue weighted by Crippen LogP contribution is 2.26. The van der Waals surface area contributed by atoms with E-state index in [1.54, 1.807) is 0 Å². The van der Waals surface area contributed by atoms with Crippen LogP contribution < -0.4 is 10.1 Å². The van der Waals surface area contributed by atoms with E-state index in [1.807, 2.05) is 50.2 Å². The molecular weight excluding hydrogens is 274 g/mol. The third kappa shape index (κ3) is 4.50. The van der Waals surface area contributed by atoms with Crippen molar-refractivity contribution in [1.82, 2.24) is 0 Å². The summed E-state index contributed by atoms with van der Waals surface area (Å²) in [6, 6.07) is 15.8. The summed E-state index contributed by atoms with van der Waals surface area (Å²) in [5.41, 5.74) is 2.14. The molecule has 118 valence electrons. The minimum atomic E-state index is -0.569. The van der Waals surface area contributed by atoms with Gasteiger partial charge in [0, 0.05) is 11.8 Å². The predicted octanol–water partition coefficient (Wildman–Crippen LogP) is 4.99. The zero-order valence-electron chi connectivity index (χ0n) is 13.7. The van der Waals surface area contributed by atoms with Gasteiger partial charge in [0.05, 0.1) is 0 Å². The molecule has 2 aromatic carbocycles. The number of benzene rings is 2. The molecule has 0 aromatic heterocycles. The first-order valence-electron chi connectivity index (χ1n) is 7.78. The fourth-order valence-electron chi connectivity index (χ4n) is 2.04. The number of rotatable bonds is 6. The van der Waals surface area contributed by atoms with Gasteiger partial charge in [-0.1, -0.05) is 45.9 Å². The van der Waals surface area contributed by atoms with Crippen LogP contribution >= 0.6 is 0 Å². The molecule has 0 saturated heterocycles. The van der Waals surface area contributed by atoms with Gasteiger partial charge in [0.1, 0.15) is 17.7 Å². The lowest BCUT2D eigenvalue weighted by Gasteiger charge is -2.18. The van der Waals surface area contributed by atoms with Gasteiger partial charge < -0.3 is 15.2 Å². The molecule has 0 aliphatic rings. The van der Waals surface area contributed by atoms with Crippen molar-refractivity contribution in [2.45, 2.75) is 39.8 Å². The van der Waals surface area contributed by atoms with Crippen LogP contribution in [-0.4, -0.2) is 11.3 Å². The Morgan fingerprint density at radius 1 is 0.909 bits per heavy atom. The van der Waals surface area contributed by atoms with Crippen molar-refractivity contribution in [3.63, 3.8) is 0 Å². The molecule has 0 radical (unpaired) electrons. The highest BCUT2D eigenvalue weighted by atomic mass is 16.5. The molecule has 2 N–H and O–H groups in total. The van der Waals surface area contributed by atoms with Crippen LogP contribution in [-0.2, 0) is 0 Å². The first-order valence-corrected chi connectivity index (χ1v) is 7.78. The van der Waals surface area contributed by atoms with Crippen LogP contribution in [0.5, 0.6) is 11.5 Å². The first kappa shape index (κ1) is 16.4.